The van der Waals surface area contributed by atoms with Crippen LogP contribution in [0, 0.1) is 16.7 Å². The topological polar surface area (TPSA) is 117 Å². The second-order valence-electron chi connectivity index (χ2n) is 3.07. The summed E-state index contributed by atoms with van der Waals surface area (Å²) in [6.07, 6.45) is 2.46. The molecule has 80 valence electrons. The van der Waals surface area contributed by atoms with Crippen LogP contribution in [0.4, 0.5) is 5.69 Å². The summed E-state index contributed by atoms with van der Waals surface area (Å²) in [5.41, 5.74) is 12.0. The van der Waals surface area contributed by atoms with Crippen molar-refractivity contribution in [3.05, 3.63) is 34.9 Å². The molecule has 1 amide bonds. The number of nitrogens with one attached hydrogen (secondary N) is 1. The molecule has 0 radical (unpaired) electrons. The van der Waals surface area contributed by atoms with E-state index in [-0.39, 0.29) is 5.57 Å². The summed E-state index contributed by atoms with van der Waals surface area (Å²) in [5.74, 6) is -0.782. The Morgan fingerprint density at radius 2 is 2.19 bits per heavy atom. The molecule has 1 aromatic rings. The van der Waals surface area contributed by atoms with E-state index in [2.05, 4.69) is 0 Å². The van der Waals surface area contributed by atoms with Gasteiger partial charge in [0.25, 0.3) is 5.91 Å². The van der Waals surface area contributed by atoms with E-state index < -0.39 is 5.91 Å². The maximum atomic E-state index is 10.8. The summed E-state index contributed by atoms with van der Waals surface area (Å²) in [4.78, 5) is 10.8. The zero-order chi connectivity index (χ0) is 12.1. The molecule has 0 aliphatic heterocycles. The van der Waals surface area contributed by atoms with Gasteiger partial charge in [-0.25, -0.2) is 0 Å². The minimum absolute atomic E-state index is 0.138. The molecule has 1 rings (SSSR count). The number of anilines is 1. The van der Waals surface area contributed by atoms with Gasteiger partial charge in [-0.1, -0.05) is 6.07 Å². The van der Waals surface area contributed by atoms with Gasteiger partial charge in [0.15, 0.2) is 0 Å². The average Bonchev–Trinajstić information content (AvgIpc) is 2.27. The number of nitriles is 1. The third-order valence-electron chi connectivity index (χ3n) is 1.96. The lowest BCUT2D eigenvalue weighted by Crippen LogP contribution is -2.12. The van der Waals surface area contributed by atoms with E-state index in [1.165, 1.54) is 6.08 Å². The fourth-order valence-electron chi connectivity index (χ4n) is 1.13. The monoisotopic (exact) mass is 214 g/mol. The molecular formula is C11H10N4O. The van der Waals surface area contributed by atoms with Crippen molar-refractivity contribution in [2.45, 2.75) is 0 Å². The van der Waals surface area contributed by atoms with E-state index in [4.69, 9.17) is 22.1 Å². The van der Waals surface area contributed by atoms with E-state index in [0.29, 0.717) is 16.8 Å². The molecule has 1 aromatic carbocycles. The van der Waals surface area contributed by atoms with Crippen molar-refractivity contribution in [3.63, 3.8) is 0 Å². The number of carbonyl (C=O) groups is 1. The summed E-state index contributed by atoms with van der Waals surface area (Å²) < 4.78 is 0. The summed E-state index contributed by atoms with van der Waals surface area (Å²) in [6, 6.07) is 6.54. The molecule has 0 spiro atoms. The molecule has 16 heavy (non-hydrogen) atoms. The lowest BCUT2D eigenvalue weighted by Gasteiger charge is -2.01. The standard InChI is InChI=1S/C11H10N4O/c12-5-8-3-7(1-2-10(8)14)4-9(6-13)11(15)16/h1-5,12H,14H2,(H2,15,16)/b9-4+,12-5?. The first-order chi connectivity index (χ1) is 7.58. The van der Waals surface area contributed by atoms with E-state index in [1.54, 1.807) is 24.3 Å². The Hall–Kier alpha value is -2.61. The quantitative estimate of drug-likeness (QED) is 0.297. The lowest BCUT2D eigenvalue weighted by atomic mass is 10.1. The van der Waals surface area contributed by atoms with Gasteiger partial charge < -0.3 is 16.9 Å². The Balaban J connectivity index is 3.21. The van der Waals surface area contributed by atoms with Gasteiger partial charge in [-0.3, -0.25) is 4.79 Å². The van der Waals surface area contributed by atoms with Crippen LogP contribution >= 0.6 is 0 Å². The van der Waals surface area contributed by atoms with Crippen molar-refractivity contribution in [1.29, 1.82) is 10.7 Å². The van der Waals surface area contributed by atoms with Gasteiger partial charge in [0, 0.05) is 17.5 Å². The highest BCUT2D eigenvalue weighted by Crippen LogP contribution is 2.14. The maximum Gasteiger partial charge on any atom is 0.259 e. The highest BCUT2D eigenvalue weighted by molar-refractivity contribution is 6.00. The summed E-state index contributed by atoms with van der Waals surface area (Å²) >= 11 is 0. The first-order valence-electron chi connectivity index (χ1n) is 4.40. The van der Waals surface area contributed by atoms with Gasteiger partial charge in [0.1, 0.15) is 11.6 Å². The number of benzene rings is 1. The predicted octanol–water partition coefficient (Wildman–Crippen LogP) is 0.659. The number of rotatable bonds is 3. The Morgan fingerprint density at radius 1 is 1.50 bits per heavy atom. The first kappa shape index (κ1) is 11.5. The van der Waals surface area contributed by atoms with Crippen LogP contribution in [0.25, 0.3) is 6.08 Å². The zero-order valence-electron chi connectivity index (χ0n) is 8.40. The van der Waals surface area contributed by atoms with Crippen LogP contribution in [-0.2, 0) is 4.79 Å². The van der Waals surface area contributed by atoms with Crippen LogP contribution in [0.3, 0.4) is 0 Å². The molecule has 0 fully saturated rings. The Labute approximate surface area is 92.5 Å². The van der Waals surface area contributed by atoms with Crippen LogP contribution in [0.1, 0.15) is 11.1 Å². The minimum Gasteiger partial charge on any atom is -0.398 e. The molecule has 0 saturated carbocycles. The van der Waals surface area contributed by atoms with E-state index in [1.807, 2.05) is 0 Å². The normalized spacial score (nSPS) is 10.6. The maximum absolute atomic E-state index is 10.8. The summed E-state index contributed by atoms with van der Waals surface area (Å²) in [7, 11) is 0. The highest BCUT2D eigenvalue weighted by Gasteiger charge is 2.04. The average molecular weight is 214 g/mol. The van der Waals surface area contributed by atoms with Crippen molar-refractivity contribution < 1.29 is 4.79 Å². The Kier molecular flexibility index (Phi) is 3.41. The molecule has 0 heterocycles. The van der Waals surface area contributed by atoms with Crippen LogP contribution in [-0.4, -0.2) is 12.1 Å². The van der Waals surface area contributed by atoms with Crippen LogP contribution in [0.2, 0.25) is 0 Å². The van der Waals surface area contributed by atoms with Crippen molar-refractivity contribution in [3.8, 4) is 6.07 Å². The molecule has 0 atom stereocenters. The number of amides is 1. The van der Waals surface area contributed by atoms with Crippen LogP contribution in [0.15, 0.2) is 23.8 Å². The molecule has 0 aromatic heterocycles. The van der Waals surface area contributed by atoms with Crippen molar-refractivity contribution in [1.82, 2.24) is 0 Å². The van der Waals surface area contributed by atoms with Gasteiger partial charge in [-0.05, 0) is 23.8 Å². The van der Waals surface area contributed by atoms with Gasteiger partial charge in [-0.15, -0.1) is 0 Å². The second-order valence-corrected chi connectivity index (χ2v) is 3.07. The number of carbonyl (C=O) groups excluding carboxylic acids is 1. The molecule has 5 N–H and O–H groups in total. The second kappa shape index (κ2) is 4.75. The lowest BCUT2D eigenvalue weighted by molar-refractivity contribution is -0.114. The number of hydrogen-bond donors (Lipinski definition) is 3. The number of nitrogen functional groups attached to an aromatic ring is 1. The molecule has 5 heteroatoms. The third-order valence-corrected chi connectivity index (χ3v) is 1.96. The predicted molar refractivity (Wildman–Crippen MR) is 61.5 cm³/mol. The zero-order valence-corrected chi connectivity index (χ0v) is 8.40. The third kappa shape index (κ3) is 2.45. The molecule has 0 saturated heterocycles. The van der Waals surface area contributed by atoms with E-state index in [0.717, 1.165) is 6.21 Å². The summed E-state index contributed by atoms with van der Waals surface area (Å²) in [5, 5.41) is 15.8. The number of hydrogen-bond acceptors (Lipinski definition) is 4. The first-order valence-corrected chi connectivity index (χ1v) is 4.40. The van der Waals surface area contributed by atoms with Gasteiger partial charge in [0.2, 0.25) is 0 Å². The van der Waals surface area contributed by atoms with Crippen LogP contribution in [0.5, 0.6) is 0 Å². The molecule has 5 nitrogen and oxygen atoms in total. The molecule has 0 unspecified atom stereocenters. The summed E-state index contributed by atoms with van der Waals surface area (Å²) in [6.45, 7) is 0. The highest BCUT2D eigenvalue weighted by atomic mass is 16.1. The molecule has 0 bridgehead atoms. The van der Waals surface area contributed by atoms with Gasteiger partial charge >= 0.3 is 0 Å². The van der Waals surface area contributed by atoms with Crippen molar-refractivity contribution in [2.24, 2.45) is 5.73 Å². The van der Waals surface area contributed by atoms with Crippen molar-refractivity contribution >= 4 is 23.9 Å². The molecular weight excluding hydrogens is 204 g/mol. The fraction of sp³-hybridized carbons (Fsp3) is 0. The smallest absolute Gasteiger partial charge is 0.259 e. The fourth-order valence-corrected chi connectivity index (χ4v) is 1.13. The van der Waals surface area contributed by atoms with Gasteiger partial charge in [-0.2, -0.15) is 5.26 Å². The van der Waals surface area contributed by atoms with E-state index in [9.17, 15) is 4.79 Å². The SMILES string of the molecule is N#C/C(=C\c1ccc(N)c(C=N)c1)C(N)=O. The van der Waals surface area contributed by atoms with Gasteiger partial charge in [0.05, 0.1) is 0 Å². The Bertz CT molecular complexity index is 511. The van der Waals surface area contributed by atoms with Crippen LogP contribution < -0.4 is 11.5 Å². The number of nitrogens with zero attached hydrogens (tertiary/aromatic N) is 1. The number of nitrogens with two attached hydrogens (primary N) is 2. The van der Waals surface area contributed by atoms with E-state index >= 15 is 0 Å². The molecule has 0 aliphatic rings. The van der Waals surface area contributed by atoms with Crippen molar-refractivity contribution in [2.75, 3.05) is 5.73 Å². The number of primary amides is 1. The largest absolute Gasteiger partial charge is 0.398 e. The Morgan fingerprint density at radius 3 is 2.69 bits per heavy atom. The molecule has 0 aliphatic carbocycles. The minimum atomic E-state index is -0.782.